The fraction of sp³-hybridized carbons (Fsp3) is 0.0870. The number of carbonyl (C=O) groups is 1. The van der Waals surface area contributed by atoms with Gasteiger partial charge < -0.3 is 10.6 Å². The van der Waals surface area contributed by atoms with Crippen LogP contribution in [0.15, 0.2) is 91.0 Å². The number of nitrogens with one attached hydrogen (secondary N) is 2. The summed E-state index contributed by atoms with van der Waals surface area (Å²) in [6, 6.07) is 29.0. The van der Waals surface area contributed by atoms with E-state index in [4.69, 9.17) is 0 Å². The van der Waals surface area contributed by atoms with Gasteiger partial charge in [-0.2, -0.15) is 9.67 Å². The predicted octanol–water partition coefficient (Wildman–Crippen LogP) is 4.19. The van der Waals surface area contributed by atoms with Crippen LogP contribution in [0.3, 0.4) is 0 Å². The maximum absolute atomic E-state index is 13.0. The number of anilines is 2. The normalized spacial score (nSPS) is 10.5. The smallest absolute Gasteiger partial charge is 0.281 e. The molecule has 0 saturated heterocycles. The zero-order valence-electron chi connectivity index (χ0n) is 15.8. The molecule has 6 heteroatoms. The maximum Gasteiger partial charge on any atom is 0.281 e. The van der Waals surface area contributed by atoms with Crippen LogP contribution >= 0.6 is 0 Å². The Balaban J connectivity index is 1.56. The molecule has 0 bridgehead atoms. The highest BCUT2D eigenvalue weighted by atomic mass is 16.2. The van der Waals surface area contributed by atoms with E-state index < -0.39 is 0 Å². The van der Waals surface area contributed by atoms with Crippen LogP contribution < -0.4 is 10.6 Å². The summed E-state index contributed by atoms with van der Waals surface area (Å²) in [5, 5.41) is 10.8. The molecule has 0 radical (unpaired) electrons. The van der Waals surface area contributed by atoms with Gasteiger partial charge in [0.25, 0.3) is 5.91 Å². The van der Waals surface area contributed by atoms with Gasteiger partial charge in [-0.05, 0) is 23.3 Å². The summed E-state index contributed by atoms with van der Waals surface area (Å²) in [7, 11) is 0. The molecule has 4 rings (SSSR count). The Morgan fingerprint density at radius 3 is 1.83 bits per heavy atom. The Morgan fingerprint density at radius 2 is 1.24 bits per heavy atom. The quantitative estimate of drug-likeness (QED) is 0.501. The van der Waals surface area contributed by atoms with Crippen molar-refractivity contribution in [2.45, 2.75) is 13.1 Å². The molecule has 0 aliphatic rings. The average molecular weight is 383 g/mol. The molecule has 2 N–H and O–H groups in total. The Labute approximate surface area is 169 Å². The van der Waals surface area contributed by atoms with E-state index in [1.54, 1.807) is 12.1 Å². The zero-order chi connectivity index (χ0) is 19.9. The van der Waals surface area contributed by atoms with Gasteiger partial charge in [0.15, 0.2) is 0 Å². The molecule has 0 fully saturated rings. The third-order valence-corrected chi connectivity index (χ3v) is 4.41. The average Bonchev–Trinajstić information content (AvgIpc) is 3.21. The molecule has 0 amide bonds. The van der Waals surface area contributed by atoms with Crippen molar-refractivity contribution >= 4 is 17.8 Å². The summed E-state index contributed by atoms with van der Waals surface area (Å²) < 4.78 is 1.31. The fourth-order valence-electron chi connectivity index (χ4n) is 2.90. The first-order chi connectivity index (χ1) is 14.3. The first-order valence-electron chi connectivity index (χ1n) is 9.42. The van der Waals surface area contributed by atoms with Gasteiger partial charge >= 0.3 is 0 Å². The van der Waals surface area contributed by atoms with Gasteiger partial charge in [0.05, 0.1) is 0 Å². The van der Waals surface area contributed by atoms with Crippen LogP contribution in [0.2, 0.25) is 0 Å². The van der Waals surface area contributed by atoms with Gasteiger partial charge in [0.2, 0.25) is 11.9 Å². The van der Waals surface area contributed by atoms with E-state index in [0.29, 0.717) is 30.5 Å². The van der Waals surface area contributed by atoms with Crippen LogP contribution in [0.1, 0.15) is 21.5 Å². The molecule has 0 aliphatic carbocycles. The Bertz CT molecular complexity index is 1060. The number of benzene rings is 3. The summed E-state index contributed by atoms with van der Waals surface area (Å²) in [4.78, 5) is 17.5. The van der Waals surface area contributed by atoms with Crippen LogP contribution in [0.5, 0.6) is 0 Å². The van der Waals surface area contributed by atoms with E-state index in [9.17, 15) is 4.79 Å². The third-order valence-electron chi connectivity index (χ3n) is 4.41. The molecule has 1 heterocycles. The highest BCUT2D eigenvalue weighted by molar-refractivity contribution is 5.96. The molecule has 0 atom stereocenters. The second-order valence-electron chi connectivity index (χ2n) is 6.52. The molecule has 1 aromatic heterocycles. The first-order valence-corrected chi connectivity index (χ1v) is 9.42. The monoisotopic (exact) mass is 383 g/mol. The number of hydrogen-bond donors (Lipinski definition) is 2. The van der Waals surface area contributed by atoms with Gasteiger partial charge in [0.1, 0.15) is 0 Å². The highest BCUT2D eigenvalue weighted by Gasteiger charge is 2.17. The molecule has 144 valence electrons. The van der Waals surface area contributed by atoms with E-state index >= 15 is 0 Å². The maximum atomic E-state index is 13.0. The lowest BCUT2D eigenvalue weighted by Gasteiger charge is -2.07. The molecular formula is C23H21N5O. The summed E-state index contributed by atoms with van der Waals surface area (Å²) in [6.45, 7) is 1.11. The number of carbonyl (C=O) groups excluding carboxylic acids is 1. The minimum absolute atomic E-state index is 0.235. The van der Waals surface area contributed by atoms with Crippen LogP contribution in [0.25, 0.3) is 0 Å². The van der Waals surface area contributed by atoms with Crippen LogP contribution in [0, 0.1) is 0 Å². The van der Waals surface area contributed by atoms with Crippen molar-refractivity contribution in [3.63, 3.8) is 0 Å². The van der Waals surface area contributed by atoms with Crippen molar-refractivity contribution in [1.29, 1.82) is 0 Å². The van der Waals surface area contributed by atoms with Crippen LogP contribution in [0.4, 0.5) is 11.9 Å². The zero-order valence-corrected chi connectivity index (χ0v) is 15.8. The summed E-state index contributed by atoms with van der Waals surface area (Å²) >= 11 is 0. The van der Waals surface area contributed by atoms with Gasteiger partial charge in [-0.25, -0.2) is 0 Å². The third kappa shape index (κ3) is 4.68. The Morgan fingerprint density at radius 1 is 0.724 bits per heavy atom. The van der Waals surface area contributed by atoms with E-state index in [1.165, 1.54) is 4.68 Å². The fourth-order valence-corrected chi connectivity index (χ4v) is 2.90. The lowest BCUT2D eigenvalue weighted by Crippen LogP contribution is -2.17. The standard InChI is InChI=1S/C23H21N5O/c29-21(20-14-8-3-9-15-20)28-23(25-17-19-12-6-2-7-13-19)26-22(27-28)24-16-18-10-4-1-5-11-18/h1-15H,16-17H2,(H2,24,25,26,27). The van der Waals surface area contributed by atoms with Crippen molar-refractivity contribution in [1.82, 2.24) is 14.8 Å². The molecular weight excluding hydrogens is 362 g/mol. The lowest BCUT2D eigenvalue weighted by molar-refractivity contribution is 0.0947. The van der Waals surface area contributed by atoms with E-state index in [0.717, 1.165) is 11.1 Å². The lowest BCUT2D eigenvalue weighted by atomic mass is 10.2. The van der Waals surface area contributed by atoms with Crippen molar-refractivity contribution in [3.05, 3.63) is 108 Å². The van der Waals surface area contributed by atoms with E-state index in [-0.39, 0.29) is 5.91 Å². The van der Waals surface area contributed by atoms with Crippen LogP contribution in [-0.4, -0.2) is 20.7 Å². The molecule has 0 saturated carbocycles. The summed E-state index contributed by atoms with van der Waals surface area (Å²) in [5.41, 5.74) is 2.75. The first kappa shape index (κ1) is 18.4. The van der Waals surface area contributed by atoms with Gasteiger partial charge in [-0.1, -0.05) is 78.9 Å². The molecule has 3 aromatic carbocycles. The SMILES string of the molecule is O=C(c1ccccc1)n1nc(NCc2ccccc2)nc1NCc1ccccc1. The Kier molecular flexibility index (Phi) is 5.62. The number of rotatable bonds is 7. The topological polar surface area (TPSA) is 71.8 Å². The summed E-state index contributed by atoms with van der Waals surface area (Å²) in [5.74, 6) is 0.563. The number of aromatic nitrogens is 3. The van der Waals surface area contributed by atoms with Crippen molar-refractivity contribution in [3.8, 4) is 0 Å². The van der Waals surface area contributed by atoms with E-state index in [1.807, 2.05) is 78.9 Å². The molecule has 0 aliphatic heterocycles. The minimum atomic E-state index is -0.235. The van der Waals surface area contributed by atoms with Gasteiger partial charge in [0, 0.05) is 18.7 Å². The Hall–Kier alpha value is -3.93. The van der Waals surface area contributed by atoms with Crippen molar-refractivity contribution in [2.75, 3.05) is 10.6 Å². The second-order valence-corrected chi connectivity index (χ2v) is 6.52. The van der Waals surface area contributed by atoms with Gasteiger partial charge in [-0.3, -0.25) is 4.79 Å². The van der Waals surface area contributed by atoms with Crippen LogP contribution in [-0.2, 0) is 13.1 Å². The molecule has 0 unspecified atom stereocenters. The number of nitrogens with zero attached hydrogens (tertiary/aromatic N) is 3. The molecule has 29 heavy (non-hydrogen) atoms. The molecule has 4 aromatic rings. The molecule has 6 nitrogen and oxygen atoms in total. The minimum Gasteiger partial charge on any atom is -0.350 e. The predicted molar refractivity (Wildman–Crippen MR) is 114 cm³/mol. The summed E-state index contributed by atoms with van der Waals surface area (Å²) in [6.07, 6.45) is 0. The van der Waals surface area contributed by atoms with Gasteiger partial charge in [-0.15, -0.1) is 5.10 Å². The number of hydrogen-bond acceptors (Lipinski definition) is 5. The largest absolute Gasteiger partial charge is 0.350 e. The van der Waals surface area contributed by atoms with Crippen molar-refractivity contribution < 1.29 is 4.79 Å². The second kappa shape index (κ2) is 8.84. The molecule has 0 spiro atoms. The van der Waals surface area contributed by atoms with Crippen molar-refractivity contribution in [2.24, 2.45) is 0 Å². The highest BCUT2D eigenvalue weighted by Crippen LogP contribution is 2.14. The van der Waals surface area contributed by atoms with E-state index in [2.05, 4.69) is 20.7 Å².